The highest BCUT2D eigenvalue weighted by Gasteiger charge is 2.40. The maximum atomic E-state index is 11.8. The van der Waals surface area contributed by atoms with Crippen molar-refractivity contribution in [2.45, 2.75) is 85.2 Å². The van der Waals surface area contributed by atoms with E-state index in [4.69, 9.17) is 24.3 Å². The molecule has 0 bridgehead atoms. The summed E-state index contributed by atoms with van der Waals surface area (Å²) in [7, 11) is 0. The minimum atomic E-state index is -1.34. The molecule has 6 nitrogen and oxygen atoms in total. The van der Waals surface area contributed by atoms with Gasteiger partial charge in [0.15, 0.2) is 0 Å². The van der Waals surface area contributed by atoms with Crippen molar-refractivity contribution in [3.05, 3.63) is 0 Å². The number of ether oxygens (including phenoxy) is 1. The third-order valence-corrected chi connectivity index (χ3v) is 2.14. The summed E-state index contributed by atoms with van der Waals surface area (Å²) in [6.07, 6.45) is 0.238. The van der Waals surface area contributed by atoms with Gasteiger partial charge in [0.2, 0.25) is 5.79 Å². The van der Waals surface area contributed by atoms with Crippen molar-refractivity contribution in [1.82, 2.24) is 0 Å². The minimum absolute atomic E-state index is 0.122. The van der Waals surface area contributed by atoms with Gasteiger partial charge in [-0.25, -0.2) is 9.78 Å². The van der Waals surface area contributed by atoms with Crippen LogP contribution in [0.3, 0.4) is 0 Å². The number of carbonyl (C=O) groups excluding carboxylic acids is 1. The van der Waals surface area contributed by atoms with Gasteiger partial charge in [0.1, 0.15) is 6.42 Å². The zero-order valence-corrected chi connectivity index (χ0v) is 14.6. The molecule has 0 saturated heterocycles. The Morgan fingerprint density at radius 3 is 1.52 bits per heavy atom. The second kappa shape index (κ2) is 8.08. The Labute approximate surface area is 127 Å². The molecule has 0 aliphatic carbocycles. The highest BCUT2D eigenvalue weighted by Crippen LogP contribution is 2.28. The summed E-state index contributed by atoms with van der Waals surface area (Å²) in [6, 6.07) is 0. The lowest BCUT2D eigenvalue weighted by Crippen LogP contribution is -2.42. The molecule has 0 aromatic rings. The lowest BCUT2D eigenvalue weighted by molar-refractivity contribution is -0.541. The molecule has 21 heavy (non-hydrogen) atoms. The molecular formula is C15H30O6. The van der Waals surface area contributed by atoms with E-state index in [-0.39, 0.29) is 6.42 Å². The molecule has 0 heterocycles. The molecular weight excluding hydrogens is 276 g/mol. The van der Waals surface area contributed by atoms with Crippen molar-refractivity contribution < 1.29 is 29.1 Å². The number of esters is 1. The predicted molar refractivity (Wildman–Crippen MR) is 78.1 cm³/mol. The molecule has 6 heteroatoms. The van der Waals surface area contributed by atoms with Crippen LogP contribution in [-0.2, 0) is 29.1 Å². The predicted octanol–water partition coefficient (Wildman–Crippen LogP) is 3.54. The van der Waals surface area contributed by atoms with Gasteiger partial charge in [0.25, 0.3) is 0 Å². The van der Waals surface area contributed by atoms with Crippen LogP contribution in [0.25, 0.3) is 0 Å². The van der Waals surface area contributed by atoms with E-state index < -0.39 is 23.0 Å². The van der Waals surface area contributed by atoms with Gasteiger partial charge in [0, 0.05) is 6.42 Å². The molecule has 0 N–H and O–H groups in total. The molecule has 0 atom stereocenters. The smallest absolute Gasteiger partial charge is 0.311 e. The second-order valence-corrected chi connectivity index (χ2v) is 6.80. The van der Waals surface area contributed by atoms with E-state index in [1.54, 1.807) is 6.92 Å². The fourth-order valence-electron chi connectivity index (χ4n) is 1.15. The Morgan fingerprint density at radius 2 is 1.24 bits per heavy atom. The van der Waals surface area contributed by atoms with Crippen molar-refractivity contribution in [2.75, 3.05) is 6.61 Å². The molecule has 0 rings (SSSR count). The van der Waals surface area contributed by atoms with Gasteiger partial charge in [0.05, 0.1) is 17.8 Å². The summed E-state index contributed by atoms with van der Waals surface area (Å²) in [5, 5.41) is 0. The van der Waals surface area contributed by atoms with Crippen molar-refractivity contribution in [2.24, 2.45) is 0 Å². The third-order valence-electron chi connectivity index (χ3n) is 2.14. The van der Waals surface area contributed by atoms with Crippen LogP contribution in [0.5, 0.6) is 0 Å². The van der Waals surface area contributed by atoms with Crippen molar-refractivity contribution in [3.8, 4) is 0 Å². The van der Waals surface area contributed by atoms with Crippen LogP contribution in [0.2, 0.25) is 0 Å². The number of carbonyl (C=O) groups is 1. The average molecular weight is 306 g/mol. The average Bonchev–Trinajstić information content (AvgIpc) is 2.31. The zero-order valence-electron chi connectivity index (χ0n) is 14.6. The highest BCUT2D eigenvalue weighted by molar-refractivity contribution is 5.70. The minimum Gasteiger partial charge on any atom is -0.466 e. The summed E-state index contributed by atoms with van der Waals surface area (Å²) >= 11 is 0. The van der Waals surface area contributed by atoms with Gasteiger partial charge in [-0.2, -0.15) is 9.78 Å². The lowest BCUT2D eigenvalue weighted by Gasteiger charge is -2.34. The summed E-state index contributed by atoms with van der Waals surface area (Å²) in [6.45, 7) is 14.9. The van der Waals surface area contributed by atoms with Crippen molar-refractivity contribution in [1.29, 1.82) is 0 Å². The Morgan fingerprint density at radius 1 is 0.810 bits per heavy atom. The first-order chi connectivity index (χ1) is 9.43. The Balaban J connectivity index is 4.94. The summed E-state index contributed by atoms with van der Waals surface area (Å²) in [5.74, 6) is -1.78. The molecule has 0 spiro atoms. The third kappa shape index (κ3) is 9.79. The van der Waals surface area contributed by atoms with Crippen LogP contribution in [0.1, 0.15) is 68.2 Å². The molecule has 0 unspecified atom stereocenters. The molecule has 0 aliphatic heterocycles. The van der Waals surface area contributed by atoms with Crippen LogP contribution >= 0.6 is 0 Å². The quantitative estimate of drug-likeness (QED) is 0.296. The number of rotatable bonds is 8. The summed E-state index contributed by atoms with van der Waals surface area (Å²) in [4.78, 5) is 33.2. The first-order valence-electron chi connectivity index (χ1n) is 7.32. The fraction of sp³-hybridized carbons (Fsp3) is 0.933. The standard InChI is InChI=1S/C15H30O6/c1-9-15(11-12(16)17-10-2,20-18-13(3,4)5)21-19-14(6,7)8/h9-11H2,1-8H3. The first kappa shape index (κ1) is 20.3. The fourth-order valence-corrected chi connectivity index (χ4v) is 1.15. The van der Waals surface area contributed by atoms with Gasteiger partial charge in [-0.3, -0.25) is 4.79 Å². The van der Waals surface area contributed by atoms with E-state index in [1.165, 1.54) is 0 Å². The van der Waals surface area contributed by atoms with Crippen LogP contribution in [0.15, 0.2) is 0 Å². The largest absolute Gasteiger partial charge is 0.466 e. The Kier molecular flexibility index (Phi) is 7.81. The van der Waals surface area contributed by atoms with E-state index in [2.05, 4.69) is 0 Å². The molecule has 0 aromatic heterocycles. The van der Waals surface area contributed by atoms with Gasteiger partial charge < -0.3 is 4.74 Å². The number of hydrogen-bond acceptors (Lipinski definition) is 6. The molecule has 0 aliphatic rings. The van der Waals surface area contributed by atoms with E-state index in [0.29, 0.717) is 13.0 Å². The van der Waals surface area contributed by atoms with Crippen LogP contribution in [0, 0.1) is 0 Å². The molecule has 0 aromatic carbocycles. The van der Waals surface area contributed by atoms with E-state index >= 15 is 0 Å². The topological polar surface area (TPSA) is 63.2 Å². The molecule has 0 fully saturated rings. The van der Waals surface area contributed by atoms with Crippen LogP contribution in [0.4, 0.5) is 0 Å². The molecule has 126 valence electrons. The SMILES string of the molecule is CCOC(=O)CC(CC)(OOC(C)(C)C)OOC(C)(C)C. The van der Waals surface area contributed by atoms with E-state index in [0.717, 1.165) is 0 Å². The van der Waals surface area contributed by atoms with Crippen molar-refractivity contribution in [3.63, 3.8) is 0 Å². The maximum absolute atomic E-state index is 11.8. The second-order valence-electron chi connectivity index (χ2n) is 6.80. The summed E-state index contributed by atoms with van der Waals surface area (Å²) < 4.78 is 4.95. The van der Waals surface area contributed by atoms with Crippen molar-refractivity contribution >= 4 is 5.97 Å². The normalized spacial score (nSPS) is 13.3. The molecule has 0 amide bonds. The molecule has 0 radical (unpaired) electrons. The lowest BCUT2D eigenvalue weighted by atomic mass is 10.1. The first-order valence-corrected chi connectivity index (χ1v) is 7.32. The zero-order chi connectivity index (χ0) is 16.7. The molecule has 0 saturated carbocycles. The van der Waals surface area contributed by atoms with Gasteiger partial charge in [-0.05, 0) is 48.5 Å². The van der Waals surface area contributed by atoms with E-state index in [1.807, 2.05) is 48.5 Å². The number of hydrogen-bond donors (Lipinski definition) is 0. The van der Waals surface area contributed by atoms with Gasteiger partial charge >= 0.3 is 5.97 Å². The van der Waals surface area contributed by atoms with Crippen LogP contribution < -0.4 is 0 Å². The monoisotopic (exact) mass is 306 g/mol. The Bertz CT molecular complexity index is 295. The van der Waals surface area contributed by atoms with E-state index in [9.17, 15) is 4.79 Å². The maximum Gasteiger partial charge on any atom is 0.311 e. The summed E-state index contributed by atoms with van der Waals surface area (Å²) in [5.41, 5.74) is -1.08. The Hall–Kier alpha value is -0.690. The van der Waals surface area contributed by atoms with Gasteiger partial charge in [-0.1, -0.05) is 6.92 Å². The van der Waals surface area contributed by atoms with Gasteiger partial charge in [-0.15, -0.1) is 0 Å². The highest BCUT2D eigenvalue weighted by atomic mass is 17.3. The van der Waals surface area contributed by atoms with Crippen LogP contribution in [-0.4, -0.2) is 29.6 Å².